The first kappa shape index (κ1) is 20.2. The quantitative estimate of drug-likeness (QED) is 0.517. The number of nitrogens with zero attached hydrogens (tertiary/aromatic N) is 1. The van der Waals surface area contributed by atoms with E-state index in [-0.39, 0.29) is 12.3 Å². The van der Waals surface area contributed by atoms with Gasteiger partial charge in [0.25, 0.3) is 11.8 Å². The van der Waals surface area contributed by atoms with Gasteiger partial charge in [0.1, 0.15) is 0 Å². The van der Waals surface area contributed by atoms with Gasteiger partial charge in [-0.1, -0.05) is 34.1 Å². The number of benzene rings is 2. The summed E-state index contributed by atoms with van der Waals surface area (Å²) in [5.74, 6) is -1.16. The second-order valence-electron chi connectivity index (χ2n) is 6.08. The van der Waals surface area contributed by atoms with Crippen LogP contribution in [0.25, 0.3) is 0 Å². The number of halogens is 1. The first-order valence-electron chi connectivity index (χ1n) is 8.66. The molecule has 0 spiro atoms. The lowest BCUT2D eigenvalue weighted by molar-refractivity contribution is -0.115. The summed E-state index contributed by atoms with van der Waals surface area (Å²) in [4.78, 5) is 40.3. The van der Waals surface area contributed by atoms with Crippen LogP contribution in [0.2, 0.25) is 0 Å². The molecule has 0 atom stereocenters. The molecule has 3 amide bonds. The molecule has 0 aliphatic carbocycles. The lowest BCUT2D eigenvalue weighted by Crippen LogP contribution is -2.41. The number of hydrogen-bond donors (Lipinski definition) is 3. The minimum atomic E-state index is -0.503. The second kappa shape index (κ2) is 9.61. The molecule has 29 heavy (non-hydrogen) atoms. The van der Waals surface area contributed by atoms with Crippen molar-refractivity contribution in [2.45, 2.75) is 6.42 Å². The zero-order valence-electron chi connectivity index (χ0n) is 15.2. The van der Waals surface area contributed by atoms with Gasteiger partial charge in [0.05, 0.1) is 6.42 Å². The predicted octanol–water partition coefficient (Wildman–Crippen LogP) is 3.10. The van der Waals surface area contributed by atoms with Crippen LogP contribution in [0.4, 0.5) is 5.69 Å². The monoisotopic (exact) mass is 452 g/mol. The van der Waals surface area contributed by atoms with E-state index in [4.69, 9.17) is 0 Å². The predicted molar refractivity (Wildman–Crippen MR) is 112 cm³/mol. The van der Waals surface area contributed by atoms with Crippen LogP contribution in [0.5, 0.6) is 0 Å². The van der Waals surface area contributed by atoms with Crippen molar-refractivity contribution in [3.63, 3.8) is 0 Å². The molecule has 3 rings (SSSR count). The number of rotatable bonds is 5. The number of hydrazine groups is 1. The van der Waals surface area contributed by atoms with Crippen molar-refractivity contribution in [2.75, 3.05) is 5.32 Å². The average Bonchev–Trinajstić information content (AvgIpc) is 2.74. The molecule has 2 aromatic carbocycles. The second-order valence-corrected chi connectivity index (χ2v) is 6.99. The molecule has 1 heterocycles. The molecule has 0 aliphatic heterocycles. The lowest BCUT2D eigenvalue weighted by Gasteiger charge is -2.09. The van der Waals surface area contributed by atoms with E-state index < -0.39 is 11.8 Å². The first-order valence-corrected chi connectivity index (χ1v) is 9.45. The fraction of sp³-hybridized carbons (Fsp3) is 0.0476. The third kappa shape index (κ3) is 5.98. The zero-order valence-corrected chi connectivity index (χ0v) is 16.8. The van der Waals surface area contributed by atoms with Crippen molar-refractivity contribution in [2.24, 2.45) is 0 Å². The van der Waals surface area contributed by atoms with Gasteiger partial charge in [0.2, 0.25) is 5.91 Å². The Bertz CT molecular complexity index is 1020. The minimum absolute atomic E-state index is 0.198. The molecule has 1 aromatic heterocycles. The summed E-state index contributed by atoms with van der Waals surface area (Å²) in [5, 5.41) is 2.77. The summed E-state index contributed by atoms with van der Waals surface area (Å²) in [6.07, 6.45) is 3.18. The van der Waals surface area contributed by atoms with Crippen LogP contribution >= 0.6 is 15.9 Å². The van der Waals surface area contributed by atoms with Crippen molar-refractivity contribution < 1.29 is 14.4 Å². The standard InChI is InChI=1S/C21H17BrN4O3/c22-17-6-4-14(5-7-17)12-19(27)24-18-3-1-2-16(13-18)21(29)26-25-20(28)15-8-10-23-11-9-15/h1-11,13H,12H2,(H,24,27)(H,25,28)(H,26,29). The number of pyridine rings is 1. The van der Waals surface area contributed by atoms with Gasteiger partial charge in [-0.2, -0.15) is 0 Å². The van der Waals surface area contributed by atoms with Crippen LogP contribution in [0.1, 0.15) is 26.3 Å². The van der Waals surface area contributed by atoms with E-state index in [0.717, 1.165) is 10.0 Å². The Hall–Kier alpha value is -3.52. The SMILES string of the molecule is O=C(Cc1ccc(Br)cc1)Nc1cccc(C(=O)NNC(=O)c2ccncc2)c1. The highest BCUT2D eigenvalue weighted by atomic mass is 79.9. The van der Waals surface area contributed by atoms with E-state index in [1.807, 2.05) is 24.3 Å². The van der Waals surface area contributed by atoms with Crippen molar-refractivity contribution in [1.82, 2.24) is 15.8 Å². The van der Waals surface area contributed by atoms with E-state index in [9.17, 15) is 14.4 Å². The molecule has 7 nitrogen and oxygen atoms in total. The highest BCUT2D eigenvalue weighted by Crippen LogP contribution is 2.13. The molecule has 0 fully saturated rings. The molecule has 3 aromatic rings. The van der Waals surface area contributed by atoms with Gasteiger partial charge >= 0.3 is 0 Å². The molecule has 3 N–H and O–H groups in total. The number of amides is 3. The van der Waals surface area contributed by atoms with Gasteiger partial charge in [0.15, 0.2) is 0 Å². The summed E-state index contributed by atoms with van der Waals surface area (Å²) < 4.78 is 0.941. The Balaban J connectivity index is 1.56. The van der Waals surface area contributed by atoms with Gasteiger partial charge < -0.3 is 5.32 Å². The maximum atomic E-state index is 12.3. The molecule has 0 saturated carbocycles. The summed E-state index contributed by atoms with van der Waals surface area (Å²) in [7, 11) is 0. The summed E-state index contributed by atoms with van der Waals surface area (Å²) >= 11 is 3.35. The fourth-order valence-electron chi connectivity index (χ4n) is 2.49. The molecular formula is C21H17BrN4O3. The summed E-state index contributed by atoms with van der Waals surface area (Å²) in [5.41, 5.74) is 6.71. The third-order valence-electron chi connectivity index (χ3n) is 3.92. The minimum Gasteiger partial charge on any atom is -0.326 e. The van der Waals surface area contributed by atoms with E-state index in [1.54, 1.807) is 18.2 Å². The number of carbonyl (C=O) groups excluding carboxylic acids is 3. The number of hydrogen-bond acceptors (Lipinski definition) is 4. The van der Waals surface area contributed by atoms with E-state index in [0.29, 0.717) is 16.8 Å². The van der Waals surface area contributed by atoms with Gasteiger partial charge in [-0.05, 0) is 48.0 Å². The van der Waals surface area contributed by atoms with Crippen molar-refractivity contribution >= 4 is 39.3 Å². The normalized spacial score (nSPS) is 10.1. The zero-order chi connectivity index (χ0) is 20.6. The number of carbonyl (C=O) groups is 3. The number of nitrogens with one attached hydrogen (secondary N) is 3. The molecule has 146 valence electrons. The number of aromatic nitrogens is 1. The van der Waals surface area contributed by atoms with Gasteiger partial charge in [-0.3, -0.25) is 30.2 Å². The van der Waals surface area contributed by atoms with Crippen molar-refractivity contribution in [3.8, 4) is 0 Å². The third-order valence-corrected chi connectivity index (χ3v) is 4.45. The fourth-order valence-corrected chi connectivity index (χ4v) is 2.76. The van der Waals surface area contributed by atoms with Gasteiger partial charge in [-0.25, -0.2) is 0 Å². The largest absolute Gasteiger partial charge is 0.326 e. The molecule has 0 aliphatic rings. The van der Waals surface area contributed by atoms with Crippen molar-refractivity contribution in [3.05, 3.63) is 94.2 Å². The van der Waals surface area contributed by atoms with E-state index in [1.165, 1.54) is 30.6 Å². The lowest BCUT2D eigenvalue weighted by atomic mass is 10.1. The first-order chi connectivity index (χ1) is 14.0. The Kier molecular flexibility index (Phi) is 6.70. The Morgan fingerprint density at radius 3 is 2.17 bits per heavy atom. The topological polar surface area (TPSA) is 100 Å². The summed E-state index contributed by atoms with van der Waals surface area (Å²) in [6, 6.07) is 17.0. The summed E-state index contributed by atoms with van der Waals surface area (Å²) in [6.45, 7) is 0. The highest BCUT2D eigenvalue weighted by molar-refractivity contribution is 9.10. The maximum Gasteiger partial charge on any atom is 0.269 e. The molecule has 0 saturated heterocycles. The van der Waals surface area contributed by atoms with Crippen LogP contribution in [0.15, 0.2) is 77.5 Å². The van der Waals surface area contributed by atoms with Crippen LogP contribution in [-0.2, 0) is 11.2 Å². The van der Waals surface area contributed by atoms with Gasteiger partial charge in [0, 0.05) is 33.7 Å². The Labute approximate surface area is 175 Å². The van der Waals surface area contributed by atoms with E-state index in [2.05, 4.69) is 37.1 Å². The Morgan fingerprint density at radius 1 is 0.828 bits per heavy atom. The molecule has 8 heteroatoms. The maximum absolute atomic E-state index is 12.3. The Morgan fingerprint density at radius 2 is 1.48 bits per heavy atom. The van der Waals surface area contributed by atoms with E-state index >= 15 is 0 Å². The average molecular weight is 453 g/mol. The highest BCUT2D eigenvalue weighted by Gasteiger charge is 2.11. The van der Waals surface area contributed by atoms with Crippen molar-refractivity contribution in [1.29, 1.82) is 0 Å². The van der Waals surface area contributed by atoms with Crippen LogP contribution in [0.3, 0.4) is 0 Å². The van der Waals surface area contributed by atoms with Crippen LogP contribution < -0.4 is 16.2 Å². The van der Waals surface area contributed by atoms with Crippen LogP contribution in [0, 0.1) is 0 Å². The smallest absolute Gasteiger partial charge is 0.269 e. The molecular weight excluding hydrogens is 436 g/mol. The molecule has 0 radical (unpaired) electrons. The van der Waals surface area contributed by atoms with Gasteiger partial charge in [-0.15, -0.1) is 0 Å². The molecule has 0 unspecified atom stereocenters. The number of anilines is 1. The molecule has 0 bridgehead atoms. The van der Waals surface area contributed by atoms with Crippen LogP contribution in [-0.4, -0.2) is 22.7 Å².